The summed E-state index contributed by atoms with van der Waals surface area (Å²) >= 11 is 0. The van der Waals surface area contributed by atoms with Crippen molar-refractivity contribution in [1.82, 2.24) is 18.1 Å². The maximum absolute atomic E-state index is 2.67. The van der Waals surface area contributed by atoms with Gasteiger partial charge >= 0.3 is 13.7 Å². The standard InChI is InChI=1S/C74H46B2N4/c1-43-16-13-24-55-53-22-7-10-29-62(53)79(71(43)55)75-58-27-9-12-31-64(58)78-67-39-34-46-19-4-6-21-51(46)69(67)70-52-36-32-47(40-49(52)42-61(75)74(70)78)48-35-37-65-60(41-48)76(80-63-30-11-8-23-54(63)56-25-14-17-44(2)72(56)80)59-28-15-26-57-68-50-20-5-3-18-45(50)33-38-66(68)77(65)73(57)59/h3-42H,1-2H3. The molecule has 0 radical (unpaired) electrons. The topological polar surface area (TPSA) is 19.7 Å². The SMILES string of the molecule is Cc1cccc2c3ccccc3n(B3c4cc(-c5ccc6c(c5)cc5c7c6c6c8ccccc8ccc6n7-c6ccccc6B5n5c6ccccc6c6cccc(C)c65)ccc4-n4c5ccc6ccccc6c5c5cccc3c54)c12. The fraction of sp³-hybridized carbons (Fsp3) is 0.0270. The van der Waals surface area contributed by atoms with Crippen LogP contribution in [0.1, 0.15) is 11.1 Å². The molecule has 6 heterocycles. The summed E-state index contributed by atoms with van der Waals surface area (Å²) < 4.78 is 10.5. The second-order valence-corrected chi connectivity index (χ2v) is 22.8. The van der Waals surface area contributed by atoms with Gasteiger partial charge in [0, 0.05) is 76.5 Å². The summed E-state index contributed by atoms with van der Waals surface area (Å²) in [5.74, 6) is 0. The van der Waals surface area contributed by atoms with Crippen LogP contribution in [0.2, 0.25) is 0 Å². The Morgan fingerprint density at radius 1 is 0.263 bits per heavy atom. The number of rotatable bonds is 3. The summed E-state index contributed by atoms with van der Waals surface area (Å²) in [6, 6.07) is 92.4. The lowest BCUT2D eigenvalue weighted by Crippen LogP contribution is -2.53. The molecule has 0 saturated heterocycles. The zero-order chi connectivity index (χ0) is 52.2. The molecule has 2 aliphatic heterocycles. The van der Waals surface area contributed by atoms with Gasteiger partial charge in [0.15, 0.2) is 0 Å². The van der Waals surface area contributed by atoms with Gasteiger partial charge < -0.3 is 18.1 Å². The Bertz CT molecular complexity index is 5670. The molecule has 80 heavy (non-hydrogen) atoms. The number of aryl methyl sites for hydroxylation is 2. The largest absolute Gasteiger partial charge is 0.376 e. The van der Waals surface area contributed by atoms with Crippen LogP contribution in [0.3, 0.4) is 0 Å². The molecule has 6 heteroatoms. The fourth-order valence-electron chi connectivity index (χ4n) is 15.7. The van der Waals surface area contributed by atoms with Crippen LogP contribution in [0, 0.1) is 13.8 Å². The Balaban J connectivity index is 0.919. The van der Waals surface area contributed by atoms with Crippen LogP contribution in [0.4, 0.5) is 0 Å². The van der Waals surface area contributed by atoms with E-state index in [0.29, 0.717) is 0 Å². The van der Waals surface area contributed by atoms with Crippen molar-refractivity contribution in [2.45, 2.75) is 13.8 Å². The Hall–Kier alpha value is -10.0. The minimum Gasteiger partial charge on any atom is -0.376 e. The van der Waals surface area contributed by atoms with Crippen molar-refractivity contribution < 1.29 is 0 Å². The molecule has 368 valence electrons. The van der Waals surface area contributed by atoms with Crippen molar-refractivity contribution in [2.24, 2.45) is 0 Å². The van der Waals surface area contributed by atoms with E-state index in [1.807, 2.05) is 0 Å². The van der Waals surface area contributed by atoms with Gasteiger partial charge in [0.25, 0.3) is 0 Å². The van der Waals surface area contributed by atoms with Crippen LogP contribution in [0.5, 0.6) is 0 Å². The first-order valence-corrected chi connectivity index (χ1v) is 28.2. The molecule has 0 atom stereocenters. The molecule has 4 nitrogen and oxygen atoms in total. The molecule has 4 aromatic heterocycles. The Kier molecular flexibility index (Phi) is 8.26. The lowest BCUT2D eigenvalue weighted by molar-refractivity contribution is 1.18. The average Bonchev–Trinajstić information content (AvgIpc) is 3.60. The number of hydrogen-bond donors (Lipinski definition) is 0. The first-order valence-electron chi connectivity index (χ1n) is 28.2. The van der Waals surface area contributed by atoms with Crippen LogP contribution >= 0.6 is 0 Å². The van der Waals surface area contributed by atoms with Gasteiger partial charge in [-0.2, -0.15) is 0 Å². The van der Waals surface area contributed by atoms with E-state index in [-0.39, 0.29) is 13.7 Å². The number of hydrogen-bond acceptors (Lipinski definition) is 0. The molecule has 0 spiro atoms. The van der Waals surface area contributed by atoms with Crippen LogP contribution in [0.25, 0.3) is 142 Å². The highest BCUT2D eigenvalue weighted by Gasteiger charge is 2.39. The summed E-state index contributed by atoms with van der Waals surface area (Å²) in [6.45, 7) is 4.36. The molecule has 19 rings (SSSR count). The van der Waals surface area contributed by atoms with E-state index in [4.69, 9.17) is 0 Å². The zero-order valence-corrected chi connectivity index (χ0v) is 44.0. The van der Waals surface area contributed by atoms with Gasteiger partial charge in [0.1, 0.15) is 0 Å². The van der Waals surface area contributed by atoms with Crippen LogP contribution in [0.15, 0.2) is 243 Å². The first kappa shape index (κ1) is 43.0. The summed E-state index contributed by atoms with van der Waals surface area (Å²) in [5.41, 5.74) is 22.7. The molecule has 17 aromatic rings. The molecular weight excluding hydrogens is 966 g/mol. The van der Waals surface area contributed by atoms with Gasteiger partial charge in [-0.3, -0.25) is 0 Å². The minimum atomic E-state index is -0.111. The summed E-state index contributed by atoms with van der Waals surface area (Å²) in [5, 5.41) is 18.0. The molecule has 2 aliphatic rings. The van der Waals surface area contributed by atoms with Crippen molar-refractivity contribution in [3.63, 3.8) is 0 Å². The van der Waals surface area contributed by atoms with Crippen molar-refractivity contribution in [1.29, 1.82) is 0 Å². The van der Waals surface area contributed by atoms with Crippen LogP contribution in [-0.2, 0) is 0 Å². The van der Waals surface area contributed by atoms with Crippen molar-refractivity contribution in [3.8, 4) is 22.5 Å². The third-order valence-electron chi connectivity index (χ3n) is 18.8. The maximum atomic E-state index is 2.67. The predicted molar refractivity (Wildman–Crippen MR) is 342 cm³/mol. The molecule has 0 N–H and O–H groups in total. The molecular formula is C74H46B2N4. The van der Waals surface area contributed by atoms with E-state index in [0.717, 1.165) is 0 Å². The number of nitrogens with zero attached hydrogens (tertiary/aromatic N) is 4. The number of aromatic nitrogens is 4. The summed E-state index contributed by atoms with van der Waals surface area (Å²) in [4.78, 5) is 0. The van der Waals surface area contributed by atoms with Crippen molar-refractivity contribution in [3.05, 3.63) is 254 Å². The van der Waals surface area contributed by atoms with E-state index in [2.05, 4.69) is 275 Å². The molecule has 0 bridgehead atoms. The summed E-state index contributed by atoms with van der Waals surface area (Å²) in [6.07, 6.45) is 0. The smallest absolute Gasteiger partial charge is 0.332 e. The molecule has 0 aliphatic carbocycles. The quantitative estimate of drug-likeness (QED) is 0.157. The Labute approximate surface area is 460 Å². The van der Waals surface area contributed by atoms with Crippen LogP contribution < -0.4 is 21.9 Å². The minimum absolute atomic E-state index is 0.0991. The highest BCUT2D eigenvalue weighted by molar-refractivity contribution is 6.89. The molecule has 0 amide bonds. The lowest BCUT2D eigenvalue weighted by atomic mass is 9.48. The van der Waals surface area contributed by atoms with E-state index in [1.54, 1.807) is 0 Å². The van der Waals surface area contributed by atoms with E-state index < -0.39 is 0 Å². The van der Waals surface area contributed by atoms with Gasteiger partial charge in [-0.25, -0.2) is 0 Å². The lowest BCUT2D eigenvalue weighted by Gasteiger charge is -2.29. The predicted octanol–water partition coefficient (Wildman–Crippen LogP) is 15.8. The Morgan fingerprint density at radius 2 is 0.762 bits per heavy atom. The number of para-hydroxylation sites is 6. The summed E-state index contributed by atoms with van der Waals surface area (Å²) in [7, 11) is 0. The van der Waals surface area contributed by atoms with Crippen molar-refractivity contribution >= 4 is 155 Å². The van der Waals surface area contributed by atoms with Crippen molar-refractivity contribution in [2.75, 3.05) is 0 Å². The third kappa shape index (κ3) is 5.34. The van der Waals surface area contributed by atoms with E-state index >= 15 is 0 Å². The first-order chi connectivity index (χ1) is 39.6. The number of fused-ring (bicyclic) bond motifs is 22. The highest BCUT2D eigenvalue weighted by Crippen LogP contribution is 2.45. The molecule has 0 saturated carbocycles. The van der Waals surface area contributed by atoms with Gasteiger partial charge in [0.2, 0.25) is 0 Å². The van der Waals surface area contributed by atoms with Crippen LogP contribution in [-0.4, -0.2) is 31.8 Å². The highest BCUT2D eigenvalue weighted by atomic mass is 15.0. The molecule has 13 aromatic carbocycles. The Morgan fingerprint density at radius 3 is 1.48 bits per heavy atom. The second-order valence-electron chi connectivity index (χ2n) is 22.8. The second kappa shape index (κ2) is 15.4. The zero-order valence-electron chi connectivity index (χ0n) is 44.0. The van der Waals surface area contributed by atoms with Gasteiger partial charge in [-0.15, -0.1) is 0 Å². The average molecular weight is 1010 g/mol. The molecule has 0 fully saturated rings. The van der Waals surface area contributed by atoms with Gasteiger partial charge in [-0.05, 0) is 133 Å². The van der Waals surface area contributed by atoms with E-state index in [1.165, 1.54) is 175 Å². The molecule has 0 unspecified atom stereocenters. The fourth-order valence-corrected chi connectivity index (χ4v) is 15.7. The monoisotopic (exact) mass is 1010 g/mol. The maximum Gasteiger partial charge on any atom is 0.332 e. The van der Waals surface area contributed by atoms with E-state index in [9.17, 15) is 0 Å². The van der Waals surface area contributed by atoms with Gasteiger partial charge in [0.05, 0.1) is 22.1 Å². The normalized spacial score (nSPS) is 13.1. The number of benzene rings is 13. The third-order valence-corrected chi connectivity index (χ3v) is 18.8. The van der Waals surface area contributed by atoms with Gasteiger partial charge in [-0.1, -0.05) is 200 Å².